The summed E-state index contributed by atoms with van der Waals surface area (Å²) in [6, 6.07) is 12.4. The summed E-state index contributed by atoms with van der Waals surface area (Å²) in [6.45, 7) is 6.31. The summed E-state index contributed by atoms with van der Waals surface area (Å²) in [4.78, 5) is 24.0. The van der Waals surface area contributed by atoms with Gasteiger partial charge in [-0.2, -0.15) is 5.10 Å². The molecule has 2 N–H and O–H groups in total. The van der Waals surface area contributed by atoms with Gasteiger partial charge in [-0.25, -0.2) is 5.43 Å². The van der Waals surface area contributed by atoms with E-state index in [-0.39, 0.29) is 12.5 Å². The highest BCUT2D eigenvalue weighted by atomic mass is 79.9. The molecular weight excluding hydrogens is 438 g/mol. The smallest absolute Gasteiger partial charge is 0.249 e. The number of amides is 2. The van der Waals surface area contributed by atoms with E-state index >= 15 is 0 Å². The highest BCUT2D eigenvalue weighted by Crippen LogP contribution is 2.22. The molecular formula is C21H24BrN3O4. The lowest BCUT2D eigenvalue weighted by Gasteiger charge is -2.12. The fourth-order valence-corrected chi connectivity index (χ4v) is 2.73. The Morgan fingerprint density at radius 1 is 1.14 bits per heavy atom. The Morgan fingerprint density at radius 3 is 2.52 bits per heavy atom. The number of carbonyl (C=O) groups excluding carboxylic acids is 2. The van der Waals surface area contributed by atoms with Gasteiger partial charge in [0.1, 0.15) is 17.9 Å². The molecule has 2 aromatic carbocycles. The maximum atomic E-state index is 12.0. The molecule has 0 fully saturated rings. The van der Waals surface area contributed by atoms with Crippen LogP contribution in [0.1, 0.15) is 32.8 Å². The van der Waals surface area contributed by atoms with Crippen LogP contribution in [0, 0.1) is 0 Å². The Kier molecular flexibility index (Phi) is 8.67. The van der Waals surface area contributed by atoms with Crippen molar-refractivity contribution in [3.63, 3.8) is 0 Å². The lowest BCUT2D eigenvalue weighted by molar-refractivity contribution is -0.126. The van der Waals surface area contributed by atoms with Gasteiger partial charge in [-0.05, 0) is 63.2 Å². The third-order valence-corrected chi connectivity index (χ3v) is 3.99. The molecule has 0 aliphatic carbocycles. The largest absolute Gasteiger partial charge is 0.494 e. The van der Waals surface area contributed by atoms with Crippen LogP contribution >= 0.6 is 15.9 Å². The number of hydrazone groups is 1. The van der Waals surface area contributed by atoms with Gasteiger partial charge in [-0.15, -0.1) is 0 Å². The normalized spacial score (nSPS) is 10.8. The molecule has 0 heterocycles. The Labute approximate surface area is 178 Å². The summed E-state index contributed by atoms with van der Waals surface area (Å²) < 4.78 is 11.9. The first-order valence-corrected chi connectivity index (χ1v) is 9.97. The first kappa shape index (κ1) is 22.4. The highest BCUT2D eigenvalue weighted by molar-refractivity contribution is 9.10. The van der Waals surface area contributed by atoms with Gasteiger partial charge in [-0.1, -0.05) is 15.9 Å². The van der Waals surface area contributed by atoms with Gasteiger partial charge >= 0.3 is 0 Å². The van der Waals surface area contributed by atoms with Crippen molar-refractivity contribution in [3.05, 3.63) is 52.5 Å². The molecule has 7 nitrogen and oxygen atoms in total. The minimum absolute atomic E-state index is 0.00390. The number of nitrogens with one attached hydrogen (secondary N) is 2. The molecule has 0 saturated carbocycles. The molecule has 154 valence electrons. The fraction of sp³-hybridized carbons (Fsp3) is 0.286. The summed E-state index contributed by atoms with van der Waals surface area (Å²) in [5.41, 5.74) is 3.64. The third-order valence-electron chi connectivity index (χ3n) is 3.50. The Balaban J connectivity index is 1.87. The van der Waals surface area contributed by atoms with Crippen LogP contribution in [0.15, 0.2) is 52.0 Å². The Morgan fingerprint density at radius 2 is 1.86 bits per heavy atom. The number of ether oxygens (including phenoxy) is 2. The first-order chi connectivity index (χ1) is 13.9. The van der Waals surface area contributed by atoms with E-state index < -0.39 is 11.8 Å². The summed E-state index contributed by atoms with van der Waals surface area (Å²) in [5.74, 6) is 0.402. The van der Waals surface area contributed by atoms with Crippen molar-refractivity contribution in [2.24, 2.45) is 5.10 Å². The van der Waals surface area contributed by atoms with Crippen LogP contribution in [0.5, 0.6) is 11.5 Å². The third kappa shape index (κ3) is 7.95. The van der Waals surface area contributed by atoms with Gasteiger partial charge in [0.05, 0.1) is 18.9 Å². The number of rotatable bonds is 9. The molecule has 0 aliphatic rings. The monoisotopic (exact) mass is 461 g/mol. The van der Waals surface area contributed by atoms with Crippen molar-refractivity contribution in [2.75, 3.05) is 11.9 Å². The van der Waals surface area contributed by atoms with Gasteiger partial charge in [0.15, 0.2) is 0 Å². The van der Waals surface area contributed by atoms with Crippen LogP contribution in [0.2, 0.25) is 0 Å². The molecule has 8 heteroatoms. The average Bonchev–Trinajstić information content (AvgIpc) is 2.65. The van der Waals surface area contributed by atoms with Crippen molar-refractivity contribution in [1.29, 1.82) is 0 Å². The molecule has 0 aliphatic heterocycles. The van der Waals surface area contributed by atoms with E-state index in [1.807, 2.05) is 39.0 Å². The first-order valence-electron chi connectivity index (χ1n) is 9.18. The van der Waals surface area contributed by atoms with Gasteiger partial charge < -0.3 is 14.8 Å². The molecule has 2 amide bonds. The number of hydrogen-bond acceptors (Lipinski definition) is 5. The summed E-state index contributed by atoms with van der Waals surface area (Å²) >= 11 is 3.40. The number of carbonyl (C=O) groups is 2. The van der Waals surface area contributed by atoms with Gasteiger partial charge in [0.2, 0.25) is 11.8 Å². The van der Waals surface area contributed by atoms with Crippen molar-refractivity contribution in [1.82, 2.24) is 5.43 Å². The molecule has 2 rings (SSSR count). The maximum absolute atomic E-state index is 12.0. The molecule has 0 radical (unpaired) electrons. The quantitative estimate of drug-likeness (QED) is 0.334. The van der Waals surface area contributed by atoms with E-state index in [0.29, 0.717) is 29.4 Å². The van der Waals surface area contributed by atoms with Crippen LogP contribution in [0.4, 0.5) is 5.69 Å². The highest BCUT2D eigenvalue weighted by Gasteiger charge is 2.10. The summed E-state index contributed by atoms with van der Waals surface area (Å²) in [5, 5.41) is 6.58. The van der Waals surface area contributed by atoms with E-state index in [1.165, 1.54) is 6.21 Å². The minimum atomic E-state index is -0.522. The van der Waals surface area contributed by atoms with Crippen molar-refractivity contribution >= 4 is 39.6 Å². The van der Waals surface area contributed by atoms with Crippen LogP contribution in [-0.2, 0) is 9.59 Å². The molecule has 0 aromatic heterocycles. The zero-order chi connectivity index (χ0) is 21.2. The van der Waals surface area contributed by atoms with E-state index in [2.05, 4.69) is 31.8 Å². The van der Waals surface area contributed by atoms with Gasteiger partial charge in [-0.3, -0.25) is 9.59 Å². The molecule has 0 spiro atoms. The number of halogens is 1. The fourth-order valence-electron chi connectivity index (χ4n) is 2.35. The SMILES string of the molecule is CCOc1ccc(NC(=O)CC(=O)NN=Cc2cc(Br)ccc2OC(C)C)cc1. The topological polar surface area (TPSA) is 89.0 Å². The second kappa shape index (κ2) is 11.2. The van der Waals surface area contributed by atoms with Crippen molar-refractivity contribution in [3.8, 4) is 11.5 Å². The molecule has 29 heavy (non-hydrogen) atoms. The molecule has 0 saturated heterocycles. The van der Waals surface area contributed by atoms with E-state index in [4.69, 9.17) is 9.47 Å². The van der Waals surface area contributed by atoms with E-state index in [1.54, 1.807) is 24.3 Å². The molecule has 2 aromatic rings. The van der Waals surface area contributed by atoms with Gasteiger partial charge in [0, 0.05) is 15.7 Å². The number of nitrogens with zero attached hydrogens (tertiary/aromatic N) is 1. The van der Waals surface area contributed by atoms with Gasteiger partial charge in [0.25, 0.3) is 0 Å². The maximum Gasteiger partial charge on any atom is 0.249 e. The van der Waals surface area contributed by atoms with Crippen LogP contribution in [0.25, 0.3) is 0 Å². The second-order valence-electron chi connectivity index (χ2n) is 6.32. The van der Waals surface area contributed by atoms with Crippen LogP contribution < -0.4 is 20.2 Å². The lowest BCUT2D eigenvalue weighted by Crippen LogP contribution is -2.24. The van der Waals surface area contributed by atoms with E-state index in [0.717, 1.165) is 4.47 Å². The standard InChI is InChI=1S/C21H24BrN3O4/c1-4-28-18-8-6-17(7-9-18)24-20(26)12-21(27)25-23-13-15-11-16(22)5-10-19(15)29-14(2)3/h5-11,13-14H,4,12H2,1-3H3,(H,24,26)(H,25,27). The average molecular weight is 462 g/mol. The Bertz CT molecular complexity index is 867. The number of hydrogen-bond donors (Lipinski definition) is 2. The number of anilines is 1. The lowest BCUT2D eigenvalue weighted by atomic mass is 10.2. The van der Waals surface area contributed by atoms with Crippen LogP contribution in [-0.4, -0.2) is 30.7 Å². The van der Waals surface area contributed by atoms with E-state index in [9.17, 15) is 9.59 Å². The Hall–Kier alpha value is -2.87. The number of benzene rings is 2. The summed E-state index contributed by atoms with van der Waals surface area (Å²) in [6.07, 6.45) is 1.13. The molecule has 0 bridgehead atoms. The minimum Gasteiger partial charge on any atom is -0.494 e. The zero-order valence-electron chi connectivity index (χ0n) is 16.6. The van der Waals surface area contributed by atoms with Crippen LogP contribution in [0.3, 0.4) is 0 Å². The zero-order valence-corrected chi connectivity index (χ0v) is 18.2. The van der Waals surface area contributed by atoms with Crippen molar-refractivity contribution in [2.45, 2.75) is 33.3 Å². The second-order valence-corrected chi connectivity index (χ2v) is 7.24. The molecule has 0 atom stereocenters. The predicted octanol–water partition coefficient (Wildman–Crippen LogP) is 4.11. The van der Waals surface area contributed by atoms with Crippen molar-refractivity contribution < 1.29 is 19.1 Å². The summed E-state index contributed by atoms with van der Waals surface area (Å²) in [7, 11) is 0. The molecule has 0 unspecified atom stereocenters. The predicted molar refractivity (Wildman–Crippen MR) is 117 cm³/mol.